The van der Waals surface area contributed by atoms with Crippen LogP contribution in [0.3, 0.4) is 0 Å². The third kappa shape index (κ3) is 4.60. The maximum absolute atomic E-state index is 11.8. The number of rotatable bonds is 5. The molecule has 0 radical (unpaired) electrons. The molecule has 2 N–H and O–H groups in total. The minimum atomic E-state index is 0.181. The van der Waals surface area contributed by atoms with Gasteiger partial charge in [-0.1, -0.05) is 32.6 Å². The molecule has 0 bridgehead atoms. The van der Waals surface area contributed by atoms with Crippen molar-refractivity contribution in [2.24, 2.45) is 11.8 Å². The van der Waals surface area contributed by atoms with Crippen molar-refractivity contribution in [1.82, 2.24) is 10.6 Å². The Hall–Kier alpha value is -0.570. The fourth-order valence-electron chi connectivity index (χ4n) is 3.43. The first kappa shape index (κ1) is 13.9. The van der Waals surface area contributed by atoms with Gasteiger partial charge < -0.3 is 10.6 Å². The van der Waals surface area contributed by atoms with E-state index in [1.807, 2.05) is 0 Å². The summed E-state index contributed by atoms with van der Waals surface area (Å²) in [5, 5.41) is 6.46. The van der Waals surface area contributed by atoms with E-state index in [1.54, 1.807) is 0 Å². The first-order chi connectivity index (χ1) is 8.74. The average molecular weight is 252 g/mol. The molecular weight excluding hydrogens is 224 g/mol. The van der Waals surface area contributed by atoms with Gasteiger partial charge in [-0.25, -0.2) is 0 Å². The van der Waals surface area contributed by atoms with Crippen LogP contribution in [0.5, 0.6) is 0 Å². The van der Waals surface area contributed by atoms with Crippen LogP contribution in [0.4, 0.5) is 0 Å². The van der Waals surface area contributed by atoms with Crippen molar-refractivity contribution < 1.29 is 4.79 Å². The highest BCUT2D eigenvalue weighted by Crippen LogP contribution is 2.27. The second-order valence-electron chi connectivity index (χ2n) is 6.30. The third-order valence-electron chi connectivity index (χ3n) is 4.54. The Balaban J connectivity index is 1.56. The van der Waals surface area contributed by atoms with Gasteiger partial charge in [0, 0.05) is 12.6 Å². The summed E-state index contributed by atoms with van der Waals surface area (Å²) < 4.78 is 0. The quantitative estimate of drug-likeness (QED) is 0.789. The molecule has 0 spiro atoms. The van der Waals surface area contributed by atoms with E-state index in [9.17, 15) is 4.79 Å². The fourth-order valence-corrected chi connectivity index (χ4v) is 3.43. The van der Waals surface area contributed by atoms with Crippen molar-refractivity contribution in [2.75, 3.05) is 13.1 Å². The second kappa shape index (κ2) is 7.13. The van der Waals surface area contributed by atoms with E-state index in [0.29, 0.717) is 18.5 Å². The van der Waals surface area contributed by atoms with E-state index in [2.05, 4.69) is 17.6 Å². The third-order valence-corrected chi connectivity index (χ3v) is 4.54. The van der Waals surface area contributed by atoms with E-state index >= 15 is 0 Å². The van der Waals surface area contributed by atoms with Crippen LogP contribution in [-0.2, 0) is 4.79 Å². The highest BCUT2D eigenvalue weighted by atomic mass is 16.1. The lowest BCUT2D eigenvalue weighted by Crippen LogP contribution is -2.40. The van der Waals surface area contributed by atoms with Crippen molar-refractivity contribution in [1.29, 1.82) is 0 Å². The molecule has 0 heterocycles. The van der Waals surface area contributed by atoms with Crippen molar-refractivity contribution in [3.05, 3.63) is 0 Å². The SMILES string of the molecule is CC1CCCC(CNC(=O)CNC2CCCC2)C1. The molecule has 104 valence electrons. The van der Waals surface area contributed by atoms with Crippen LogP contribution in [0.25, 0.3) is 0 Å². The highest BCUT2D eigenvalue weighted by Gasteiger charge is 2.19. The Labute approximate surface area is 111 Å². The zero-order chi connectivity index (χ0) is 12.8. The summed E-state index contributed by atoms with van der Waals surface area (Å²) in [5.41, 5.74) is 0. The molecule has 0 aromatic carbocycles. The minimum Gasteiger partial charge on any atom is -0.355 e. The Bertz CT molecular complexity index is 261. The van der Waals surface area contributed by atoms with Gasteiger partial charge in [-0.05, 0) is 37.5 Å². The van der Waals surface area contributed by atoms with Crippen molar-refractivity contribution in [3.63, 3.8) is 0 Å². The maximum Gasteiger partial charge on any atom is 0.233 e. The van der Waals surface area contributed by atoms with Crippen LogP contribution >= 0.6 is 0 Å². The predicted molar refractivity (Wildman–Crippen MR) is 74.4 cm³/mol. The zero-order valence-corrected chi connectivity index (χ0v) is 11.7. The summed E-state index contributed by atoms with van der Waals surface area (Å²) in [6, 6.07) is 0.588. The molecule has 0 aromatic heterocycles. The molecular formula is C15H28N2O. The number of carbonyl (C=O) groups excluding carboxylic acids is 1. The number of hydrogen-bond donors (Lipinski definition) is 2. The van der Waals surface area contributed by atoms with Crippen LogP contribution in [-0.4, -0.2) is 25.0 Å². The summed E-state index contributed by atoms with van der Waals surface area (Å²) in [6.45, 7) is 3.72. The molecule has 18 heavy (non-hydrogen) atoms. The first-order valence-electron chi connectivity index (χ1n) is 7.74. The van der Waals surface area contributed by atoms with Gasteiger partial charge in [0.25, 0.3) is 0 Å². The van der Waals surface area contributed by atoms with Crippen molar-refractivity contribution in [3.8, 4) is 0 Å². The summed E-state index contributed by atoms with van der Waals surface area (Å²) in [5.74, 6) is 1.74. The van der Waals surface area contributed by atoms with Gasteiger partial charge in [-0.2, -0.15) is 0 Å². The molecule has 1 amide bonds. The molecule has 0 aromatic rings. The fraction of sp³-hybridized carbons (Fsp3) is 0.933. The van der Waals surface area contributed by atoms with Gasteiger partial charge in [0.15, 0.2) is 0 Å². The molecule has 0 saturated heterocycles. The monoisotopic (exact) mass is 252 g/mol. The largest absolute Gasteiger partial charge is 0.355 e. The number of hydrogen-bond acceptors (Lipinski definition) is 2. The van der Waals surface area contributed by atoms with Crippen LogP contribution in [0.15, 0.2) is 0 Å². The lowest BCUT2D eigenvalue weighted by atomic mass is 9.82. The molecule has 2 unspecified atom stereocenters. The van der Waals surface area contributed by atoms with Crippen LogP contribution in [0.2, 0.25) is 0 Å². The van der Waals surface area contributed by atoms with E-state index in [0.717, 1.165) is 12.5 Å². The average Bonchev–Trinajstić information content (AvgIpc) is 2.87. The second-order valence-corrected chi connectivity index (χ2v) is 6.30. The number of carbonyl (C=O) groups is 1. The Morgan fingerprint density at radius 2 is 1.89 bits per heavy atom. The number of amides is 1. The molecule has 2 atom stereocenters. The number of nitrogens with one attached hydrogen (secondary N) is 2. The van der Waals surface area contributed by atoms with Gasteiger partial charge in [0.1, 0.15) is 0 Å². The van der Waals surface area contributed by atoms with Gasteiger partial charge >= 0.3 is 0 Å². The predicted octanol–water partition coefficient (Wildman–Crippen LogP) is 2.46. The first-order valence-corrected chi connectivity index (χ1v) is 7.74. The Morgan fingerprint density at radius 3 is 2.61 bits per heavy atom. The zero-order valence-electron chi connectivity index (χ0n) is 11.7. The molecule has 2 fully saturated rings. The summed E-state index contributed by atoms with van der Waals surface area (Å²) >= 11 is 0. The molecule has 3 nitrogen and oxygen atoms in total. The Kier molecular flexibility index (Phi) is 5.48. The topological polar surface area (TPSA) is 41.1 Å². The molecule has 2 aliphatic carbocycles. The lowest BCUT2D eigenvalue weighted by molar-refractivity contribution is -0.120. The summed E-state index contributed by atoms with van der Waals surface area (Å²) in [7, 11) is 0. The molecule has 2 aliphatic rings. The molecule has 0 aliphatic heterocycles. The molecule has 2 saturated carbocycles. The summed E-state index contributed by atoms with van der Waals surface area (Å²) in [6.07, 6.45) is 10.4. The maximum atomic E-state index is 11.8. The minimum absolute atomic E-state index is 0.181. The normalized spacial score (nSPS) is 29.4. The van der Waals surface area contributed by atoms with Gasteiger partial charge in [0.2, 0.25) is 5.91 Å². The molecule has 3 heteroatoms. The van der Waals surface area contributed by atoms with Gasteiger partial charge in [-0.15, -0.1) is 0 Å². The lowest BCUT2D eigenvalue weighted by Gasteiger charge is -2.26. The standard InChI is InChI=1S/C15H28N2O/c1-12-5-4-6-13(9-12)10-17-15(18)11-16-14-7-2-3-8-14/h12-14,16H,2-11H2,1H3,(H,17,18). The highest BCUT2D eigenvalue weighted by molar-refractivity contribution is 5.78. The van der Waals surface area contributed by atoms with Gasteiger partial charge in [-0.3, -0.25) is 4.79 Å². The smallest absolute Gasteiger partial charge is 0.233 e. The van der Waals surface area contributed by atoms with Crippen LogP contribution < -0.4 is 10.6 Å². The summed E-state index contributed by atoms with van der Waals surface area (Å²) in [4.78, 5) is 11.8. The van der Waals surface area contributed by atoms with E-state index < -0.39 is 0 Å². The van der Waals surface area contributed by atoms with Crippen LogP contribution in [0.1, 0.15) is 58.3 Å². The van der Waals surface area contributed by atoms with Crippen molar-refractivity contribution in [2.45, 2.75) is 64.3 Å². The molecule has 2 rings (SSSR count). The van der Waals surface area contributed by atoms with E-state index in [1.165, 1.54) is 51.4 Å². The van der Waals surface area contributed by atoms with Crippen LogP contribution in [0, 0.1) is 11.8 Å². The Morgan fingerprint density at radius 1 is 1.11 bits per heavy atom. The van der Waals surface area contributed by atoms with E-state index in [-0.39, 0.29) is 5.91 Å². The van der Waals surface area contributed by atoms with E-state index in [4.69, 9.17) is 0 Å². The van der Waals surface area contributed by atoms with Crippen molar-refractivity contribution >= 4 is 5.91 Å². The van der Waals surface area contributed by atoms with Gasteiger partial charge in [0.05, 0.1) is 6.54 Å².